The van der Waals surface area contributed by atoms with Crippen molar-refractivity contribution in [2.24, 2.45) is 0 Å². The summed E-state index contributed by atoms with van der Waals surface area (Å²) < 4.78 is 0. The molecule has 0 bridgehead atoms. The lowest BCUT2D eigenvalue weighted by molar-refractivity contribution is 0.713. The summed E-state index contributed by atoms with van der Waals surface area (Å²) in [5, 5.41) is 0. The van der Waals surface area contributed by atoms with Gasteiger partial charge in [-0.15, -0.1) is 0 Å². The third-order valence-electron chi connectivity index (χ3n) is 2.42. The highest BCUT2D eigenvalue weighted by atomic mass is 13.9. The summed E-state index contributed by atoms with van der Waals surface area (Å²) in [7, 11) is 0. The van der Waals surface area contributed by atoms with Crippen molar-refractivity contribution in [3.05, 3.63) is 23.8 Å². The van der Waals surface area contributed by atoms with E-state index in [0.29, 0.717) is 0 Å². The molecule has 0 heterocycles. The van der Waals surface area contributed by atoms with Crippen LogP contribution >= 0.6 is 0 Å². The van der Waals surface area contributed by atoms with E-state index in [1.54, 1.807) is 0 Å². The molecule has 0 aliphatic rings. The van der Waals surface area contributed by atoms with E-state index in [0.717, 1.165) is 0 Å². The zero-order valence-corrected chi connectivity index (χ0v) is 10.2. The molecule has 0 saturated carbocycles. The largest absolute Gasteiger partial charge is 0.0845 e. The van der Waals surface area contributed by atoms with E-state index in [4.69, 9.17) is 0 Å². The molecule has 0 aromatic heterocycles. The summed E-state index contributed by atoms with van der Waals surface area (Å²) in [6, 6.07) is 0. The summed E-state index contributed by atoms with van der Waals surface area (Å²) in [5.41, 5.74) is 1.52. The van der Waals surface area contributed by atoms with Crippen LogP contribution in [0.15, 0.2) is 23.8 Å². The number of unbranched alkanes of at least 4 members (excludes halogenated alkanes) is 4. The molecule has 0 rings (SSSR count). The highest BCUT2D eigenvalue weighted by Crippen LogP contribution is 2.08. The average Bonchev–Trinajstić information content (AvgIpc) is 2.18. The lowest BCUT2D eigenvalue weighted by atomic mass is 10.1. The third kappa shape index (κ3) is 9.57. The maximum Gasteiger partial charge on any atom is -0.0320 e. The molecule has 0 radical (unpaired) electrons. The quantitative estimate of drug-likeness (QED) is 0.365. The number of rotatable bonds is 8. The first kappa shape index (κ1) is 13.5. The van der Waals surface area contributed by atoms with Gasteiger partial charge in [-0.2, -0.15) is 0 Å². The summed E-state index contributed by atoms with van der Waals surface area (Å²) in [6.45, 7) is 6.73. The van der Waals surface area contributed by atoms with Gasteiger partial charge in [0.1, 0.15) is 0 Å². The smallest absolute Gasteiger partial charge is 0.0320 e. The molecule has 0 aliphatic heterocycles. The molecule has 0 saturated heterocycles. The molecule has 14 heavy (non-hydrogen) atoms. The second-order valence-electron chi connectivity index (χ2n) is 4.04. The number of allylic oxidation sites excluding steroid dienone is 4. The third-order valence-corrected chi connectivity index (χ3v) is 2.42. The molecule has 0 heteroatoms. The van der Waals surface area contributed by atoms with Gasteiger partial charge in [0.25, 0.3) is 0 Å². The standard InChI is InChI=1S/C14H26/c1-4-6-8-9-11-13-14(3)12-10-7-5-2/h9,11,13H,4-8,10,12H2,1-3H3/b11-9+,14-13+. The Kier molecular flexibility index (Phi) is 10.2. The van der Waals surface area contributed by atoms with Crippen molar-refractivity contribution in [3.8, 4) is 0 Å². The van der Waals surface area contributed by atoms with Crippen molar-refractivity contribution < 1.29 is 0 Å². The van der Waals surface area contributed by atoms with E-state index in [9.17, 15) is 0 Å². The zero-order chi connectivity index (χ0) is 10.6. The van der Waals surface area contributed by atoms with Gasteiger partial charge in [-0.05, 0) is 26.2 Å². The van der Waals surface area contributed by atoms with Crippen LogP contribution in [0, 0.1) is 0 Å². The van der Waals surface area contributed by atoms with Crippen LogP contribution in [0.5, 0.6) is 0 Å². The van der Waals surface area contributed by atoms with Crippen LogP contribution in [0.3, 0.4) is 0 Å². The lowest BCUT2D eigenvalue weighted by Gasteiger charge is -1.97. The minimum Gasteiger partial charge on any atom is -0.0845 e. The fourth-order valence-corrected chi connectivity index (χ4v) is 1.39. The first-order chi connectivity index (χ1) is 6.81. The highest BCUT2D eigenvalue weighted by Gasteiger charge is 1.88. The van der Waals surface area contributed by atoms with Gasteiger partial charge in [0.2, 0.25) is 0 Å². The van der Waals surface area contributed by atoms with E-state index in [1.165, 1.54) is 50.5 Å². The maximum atomic E-state index is 2.28. The van der Waals surface area contributed by atoms with Gasteiger partial charge in [-0.25, -0.2) is 0 Å². The molecule has 0 amide bonds. The topological polar surface area (TPSA) is 0 Å². The van der Waals surface area contributed by atoms with Gasteiger partial charge < -0.3 is 0 Å². The number of hydrogen-bond donors (Lipinski definition) is 0. The van der Waals surface area contributed by atoms with Crippen LogP contribution in [0.4, 0.5) is 0 Å². The van der Waals surface area contributed by atoms with Gasteiger partial charge in [-0.3, -0.25) is 0 Å². The van der Waals surface area contributed by atoms with Crippen LogP contribution in [0.2, 0.25) is 0 Å². The van der Waals surface area contributed by atoms with E-state index in [-0.39, 0.29) is 0 Å². The van der Waals surface area contributed by atoms with Gasteiger partial charge in [-0.1, -0.05) is 63.3 Å². The van der Waals surface area contributed by atoms with Gasteiger partial charge in [0.05, 0.1) is 0 Å². The summed E-state index contributed by atoms with van der Waals surface area (Å²) in [4.78, 5) is 0. The highest BCUT2D eigenvalue weighted by molar-refractivity contribution is 5.10. The minimum atomic E-state index is 1.23. The summed E-state index contributed by atoms with van der Waals surface area (Å²) in [6.07, 6.45) is 15.9. The van der Waals surface area contributed by atoms with Crippen molar-refractivity contribution in [1.29, 1.82) is 0 Å². The van der Waals surface area contributed by atoms with Crippen LogP contribution in [-0.2, 0) is 0 Å². The molecule has 0 atom stereocenters. The molecule has 82 valence electrons. The molecule has 0 N–H and O–H groups in total. The lowest BCUT2D eigenvalue weighted by Crippen LogP contribution is -1.77. The second kappa shape index (κ2) is 10.6. The Morgan fingerprint density at radius 2 is 1.71 bits per heavy atom. The molecule has 0 aliphatic carbocycles. The van der Waals surface area contributed by atoms with Crippen molar-refractivity contribution in [2.75, 3.05) is 0 Å². The van der Waals surface area contributed by atoms with Gasteiger partial charge >= 0.3 is 0 Å². The maximum absolute atomic E-state index is 2.28. The average molecular weight is 194 g/mol. The van der Waals surface area contributed by atoms with Crippen LogP contribution in [0.1, 0.15) is 65.7 Å². The fourth-order valence-electron chi connectivity index (χ4n) is 1.39. The predicted molar refractivity (Wildman–Crippen MR) is 66.6 cm³/mol. The van der Waals surface area contributed by atoms with Gasteiger partial charge in [0.15, 0.2) is 0 Å². The fraction of sp³-hybridized carbons (Fsp3) is 0.714. The molecule has 0 nitrogen and oxygen atoms in total. The van der Waals surface area contributed by atoms with Crippen molar-refractivity contribution in [3.63, 3.8) is 0 Å². The summed E-state index contributed by atoms with van der Waals surface area (Å²) >= 11 is 0. The van der Waals surface area contributed by atoms with Crippen LogP contribution in [-0.4, -0.2) is 0 Å². The molecule has 0 aromatic rings. The zero-order valence-electron chi connectivity index (χ0n) is 10.2. The Bertz CT molecular complexity index is 163. The van der Waals surface area contributed by atoms with Crippen molar-refractivity contribution >= 4 is 0 Å². The summed E-state index contributed by atoms with van der Waals surface area (Å²) in [5.74, 6) is 0. The Labute approximate surface area is 90.1 Å². The Hall–Kier alpha value is -0.520. The predicted octanol–water partition coefficient (Wildman–Crippen LogP) is 5.26. The number of hydrogen-bond acceptors (Lipinski definition) is 0. The first-order valence-corrected chi connectivity index (χ1v) is 6.13. The van der Waals surface area contributed by atoms with Crippen LogP contribution in [0.25, 0.3) is 0 Å². The molecule has 0 fully saturated rings. The van der Waals surface area contributed by atoms with Gasteiger partial charge in [0, 0.05) is 0 Å². The minimum absolute atomic E-state index is 1.23. The van der Waals surface area contributed by atoms with E-state index < -0.39 is 0 Å². The molecular weight excluding hydrogens is 168 g/mol. The Balaban J connectivity index is 3.49. The van der Waals surface area contributed by atoms with E-state index in [2.05, 4.69) is 39.0 Å². The normalized spacial score (nSPS) is 12.6. The molecular formula is C14H26. The van der Waals surface area contributed by atoms with Crippen LogP contribution < -0.4 is 0 Å². The van der Waals surface area contributed by atoms with Crippen molar-refractivity contribution in [1.82, 2.24) is 0 Å². The molecule has 0 spiro atoms. The monoisotopic (exact) mass is 194 g/mol. The SMILES string of the molecule is CCCC/C=C/C=C(\C)CCCCC. The van der Waals surface area contributed by atoms with Crippen molar-refractivity contribution in [2.45, 2.75) is 65.7 Å². The molecule has 0 unspecified atom stereocenters. The van der Waals surface area contributed by atoms with E-state index in [1.807, 2.05) is 0 Å². The second-order valence-corrected chi connectivity index (χ2v) is 4.04. The van der Waals surface area contributed by atoms with E-state index >= 15 is 0 Å². The first-order valence-electron chi connectivity index (χ1n) is 6.13. The Morgan fingerprint density at radius 1 is 1.00 bits per heavy atom. The molecule has 0 aromatic carbocycles. The Morgan fingerprint density at radius 3 is 2.36 bits per heavy atom.